The number of carbonyl (C=O) groups excluding carboxylic acids is 4. The Morgan fingerprint density at radius 1 is 0.809 bits per heavy atom. The van der Waals surface area contributed by atoms with Crippen molar-refractivity contribution < 1.29 is 28.3 Å². The zero-order chi connectivity index (χ0) is 34.6. The molecule has 0 aliphatic carbocycles. The molecule has 2 atom stereocenters. The summed E-state index contributed by atoms with van der Waals surface area (Å²) >= 11 is 0. The van der Waals surface area contributed by atoms with Crippen molar-refractivity contribution in [2.24, 2.45) is 11.8 Å². The Kier molecular flexibility index (Phi) is 13.1. The van der Waals surface area contributed by atoms with Gasteiger partial charge in [-0.1, -0.05) is 66.7 Å². The maximum absolute atomic E-state index is 14.4. The highest BCUT2D eigenvalue weighted by Crippen LogP contribution is 2.19. The van der Waals surface area contributed by atoms with Crippen molar-refractivity contribution >= 4 is 34.6 Å². The van der Waals surface area contributed by atoms with E-state index in [1.54, 1.807) is 45.0 Å². The molecule has 0 aliphatic heterocycles. The quantitative estimate of drug-likeness (QED) is 0.179. The number of nitrogens with one attached hydrogen (secondary N) is 4. The van der Waals surface area contributed by atoms with E-state index in [0.29, 0.717) is 18.4 Å². The number of benzene rings is 3. The SMILES string of the molecule is CNC(=O)C(CNC(=O)C(CNC(=O)C=CCC(C)(C)NC(=O)OC(C)(C)C)Cc1ccc2ccccc2c1)Cc1ccccc1F. The number of halogens is 1. The number of rotatable bonds is 14. The molecule has 0 aliphatic rings. The topological polar surface area (TPSA) is 126 Å². The summed E-state index contributed by atoms with van der Waals surface area (Å²) in [7, 11) is 1.50. The van der Waals surface area contributed by atoms with Gasteiger partial charge in [-0.3, -0.25) is 14.4 Å². The third kappa shape index (κ3) is 12.5. The first-order valence-electron chi connectivity index (χ1n) is 15.8. The van der Waals surface area contributed by atoms with Crippen LogP contribution in [0.4, 0.5) is 9.18 Å². The fourth-order valence-corrected chi connectivity index (χ4v) is 5.04. The van der Waals surface area contributed by atoms with Crippen molar-refractivity contribution in [1.82, 2.24) is 21.3 Å². The van der Waals surface area contributed by atoms with Crippen LogP contribution in [0.2, 0.25) is 0 Å². The lowest BCUT2D eigenvalue weighted by Gasteiger charge is -2.27. The molecular formula is C37H47FN4O5. The second-order valence-corrected chi connectivity index (χ2v) is 13.3. The maximum atomic E-state index is 14.4. The van der Waals surface area contributed by atoms with Crippen molar-refractivity contribution in [3.63, 3.8) is 0 Å². The van der Waals surface area contributed by atoms with Crippen LogP contribution in [-0.4, -0.2) is 55.1 Å². The van der Waals surface area contributed by atoms with Crippen LogP contribution in [0, 0.1) is 17.7 Å². The zero-order valence-electron chi connectivity index (χ0n) is 28.1. The van der Waals surface area contributed by atoms with Crippen molar-refractivity contribution in [3.05, 3.63) is 95.8 Å². The molecule has 9 nitrogen and oxygen atoms in total. The molecule has 2 unspecified atom stereocenters. The second-order valence-electron chi connectivity index (χ2n) is 13.3. The fourth-order valence-electron chi connectivity index (χ4n) is 5.04. The van der Waals surface area contributed by atoms with Gasteiger partial charge in [-0.05, 0) is 87.9 Å². The molecule has 3 aromatic carbocycles. The van der Waals surface area contributed by atoms with Crippen molar-refractivity contribution in [3.8, 4) is 0 Å². The molecule has 3 aromatic rings. The van der Waals surface area contributed by atoms with Gasteiger partial charge in [0.05, 0.1) is 11.8 Å². The normalized spacial score (nSPS) is 13.1. The zero-order valence-corrected chi connectivity index (χ0v) is 28.1. The molecule has 10 heteroatoms. The lowest BCUT2D eigenvalue weighted by atomic mass is 9.95. The molecule has 0 fully saturated rings. The largest absolute Gasteiger partial charge is 0.444 e. The Morgan fingerprint density at radius 3 is 2.13 bits per heavy atom. The molecule has 0 bridgehead atoms. The lowest BCUT2D eigenvalue weighted by molar-refractivity contribution is -0.126. The van der Waals surface area contributed by atoms with Crippen LogP contribution in [0.5, 0.6) is 0 Å². The smallest absolute Gasteiger partial charge is 0.408 e. The molecular weight excluding hydrogens is 599 g/mol. The van der Waals surface area contributed by atoms with E-state index in [9.17, 15) is 23.6 Å². The summed E-state index contributed by atoms with van der Waals surface area (Å²) in [6, 6.07) is 20.1. The number of ether oxygens (including phenoxy) is 1. The number of amides is 4. The summed E-state index contributed by atoms with van der Waals surface area (Å²) in [6.45, 7) is 9.02. The van der Waals surface area contributed by atoms with E-state index in [1.165, 1.54) is 19.2 Å². The molecule has 0 spiro atoms. The van der Waals surface area contributed by atoms with Crippen LogP contribution in [0.3, 0.4) is 0 Å². The first kappa shape index (κ1) is 36.7. The Morgan fingerprint density at radius 2 is 1.45 bits per heavy atom. The van der Waals surface area contributed by atoms with Crippen LogP contribution >= 0.6 is 0 Å². The summed E-state index contributed by atoms with van der Waals surface area (Å²) in [6.07, 6.45) is 3.30. The molecule has 0 saturated carbocycles. The average molecular weight is 647 g/mol. The minimum Gasteiger partial charge on any atom is -0.444 e. The third-order valence-electron chi connectivity index (χ3n) is 7.49. The third-order valence-corrected chi connectivity index (χ3v) is 7.49. The van der Waals surface area contributed by atoms with Crippen LogP contribution in [0.15, 0.2) is 78.9 Å². The molecule has 47 heavy (non-hydrogen) atoms. The van der Waals surface area contributed by atoms with E-state index >= 15 is 0 Å². The van der Waals surface area contributed by atoms with E-state index in [0.717, 1.165) is 16.3 Å². The molecule has 4 amide bonds. The fraction of sp³-hybridized carbons (Fsp3) is 0.405. The van der Waals surface area contributed by atoms with Gasteiger partial charge in [0.2, 0.25) is 17.7 Å². The van der Waals surface area contributed by atoms with Gasteiger partial charge >= 0.3 is 6.09 Å². The van der Waals surface area contributed by atoms with E-state index in [4.69, 9.17) is 4.74 Å². The molecule has 0 saturated heterocycles. The monoisotopic (exact) mass is 646 g/mol. The van der Waals surface area contributed by atoms with Crippen LogP contribution in [0.1, 0.15) is 52.2 Å². The van der Waals surface area contributed by atoms with Crippen molar-refractivity contribution in [1.29, 1.82) is 0 Å². The van der Waals surface area contributed by atoms with Gasteiger partial charge in [0.25, 0.3) is 0 Å². The van der Waals surface area contributed by atoms with E-state index < -0.39 is 40.8 Å². The number of hydrogen-bond acceptors (Lipinski definition) is 5. The summed E-state index contributed by atoms with van der Waals surface area (Å²) in [4.78, 5) is 51.2. The van der Waals surface area contributed by atoms with Crippen molar-refractivity contribution in [2.75, 3.05) is 20.1 Å². The lowest BCUT2D eigenvalue weighted by Crippen LogP contribution is -2.45. The van der Waals surface area contributed by atoms with Gasteiger partial charge in [0.1, 0.15) is 11.4 Å². The minimum atomic E-state index is -0.697. The molecule has 4 N–H and O–H groups in total. The number of fused-ring (bicyclic) bond motifs is 1. The highest BCUT2D eigenvalue weighted by Gasteiger charge is 2.26. The Bertz CT molecular complexity index is 1580. The van der Waals surface area contributed by atoms with Gasteiger partial charge in [0.15, 0.2) is 0 Å². The summed E-state index contributed by atoms with van der Waals surface area (Å²) < 4.78 is 19.7. The Hall–Kier alpha value is -4.73. The highest BCUT2D eigenvalue weighted by molar-refractivity contribution is 5.88. The molecule has 3 rings (SSSR count). The summed E-state index contributed by atoms with van der Waals surface area (Å²) in [5.41, 5.74) is 0.000423. The first-order chi connectivity index (χ1) is 22.2. The molecule has 252 valence electrons. The minimum absolute atomic E-state index is 0.00532. The van der Waals surface area contributed by atoms with Crippen LogP contribution < -0.4 is 21.3 Å². The highest BCUT2D eigenvalue weighted by atomic mass is 19.1. The Labute approximate surface area is 276 Å². The van der Waals surface area contributed by atoms with Gasteiger partial charge in [0, 0.05) is 25.7 Å². The van der Waals surface area contributed by atoms with Crippen LogP contribution in [-0.2, 0) is 32.0 Å². The predicted molar refractivity (Wildman–Crippen MR) is 182 cm³/mol. The van der Waals surface area contributed by atoms with E-state index in [-0.39, 0.29) is 31.3 Å². The van der Waals surface area contributed by atoms with Gasteiger partial charge < -0.3 is 26.0 Å². The number of alkyl carbamates (subject to hydrolysis) is 1. The average Bonchev–Trinajstić information content (AvgIpc) is 3.00. The summed E-state index contributed by atoms with van der Waals surface area (Å²) in [5, 5.41) is 13.2. The Balaban J connectivity index is 1.68. The first-order valence-corrected chi connectivity index (χ1v) is 15.8. The van der Waals surface area contributed by atoms with Gasteiger partial charge in [-0.25, -0.2) is 9.18 Å². The van der Waals surface area contributed by atoms with Gasteiger partial charge in [-0.2, -0.15) is 0 Å². The van der Waals surface area contributed by atoms with E-state index in [2.05, 4.69) is 21.3 Å². The predicted octanol–water partition coefficient (Wildman–Crippen LogP) is 5.22. The van der Waals surface area contributed by atoms with Gasteiger partial charge in [-0.15, -0.1) is 0 Å². The molecule has 0 heterocycles. The van der Waals surface area contributed by atoms with E-state index in [1.807, 2.05) is 56.3 Å². The molecule has 0 aromatic heterocycles. The number of carbonyl (C=O) groups is 4. The molecule has 0 radical (unpaired) electrons. The second kappa shape index (κ2) is 16.7. The summed E-state index contributed by atoms with van der Waals surface area (Å²) in [5.74, 6) is -2.82. The maximum Gasteiger partial charge on any atom is 0.408 e. The van der Waals surface area contributed by atoms with Crippen molar-refractivity contribution in [2.45, 2.75) is 65.0 Å². The van der Waals surface area contributed by atoms with Crippen LogP contribution in [0.25, 0.3) is 10.8 Å². The number of hydrogen-bond donors (Lipinski definition) is 4. The standard InChI is InChI=1S/C37H47FN4O5/c1-36(2,3)47-35(46)42-37(4,5)19-11-16-32(43)40-23-29(21-25-17-18-26-12-7-8-13-27(26)20-25)34(45)41-24-30(33(44)39-6)22-28-14-9-10-15-31(28)38/h7-18,20,29-30H,19,21-24H2,1-6H3,(H,39,44)(H,40,43)(H,41,45)(H,42,46).